The summed E-state index contributed by atoms with van der Waals surface area (Å²) in [5, 5.41) is 7.37. The third kappa shape index (κ3) is 2.56. The van der Waals surface area contributed by atoms with E-state index >= 15 is 0 Å². The number of nitrogens with one attached hydrogen (secondary N) is 1. The molecule has 1 unspecified atom stereocenters. The zero-order chi connectivity index (χ0) is 13.2. The van der Waals surface area contributed by atoms with Crippen LogP contribution >= 0.6 is 0 Å². The lowest BCUT2D eigenvalue weighted by Crippen LogP contribution is -2.15. The third-order valence-corrected chi connectivity index (χ3v) is 3.80. The topological polar surface area (TPSA) is 55.9 Å². The first kappa shape index (κ1) is 12.4. The molecule has 1 aliphatic carbocycles. The molecule has 0 saturated carbocycles. The number of hydrogen-bond donors (Lipinski definition) is 1. The molecule has 0 amide bonds. The molecule has 1 N–H and O–H groups in total. The number of fused-ring (bicyclic) bond motifs is 1. The van der Waals surface area contributed by atoms with Crippen LogP contribution in [0.2, 0.25) is 0 Å². The molecule has 3 rings (SSSR count). The van der Waals surface area contributed by atoms with Gasteiger partial charge in [0.25, 0.3) is 0 Å². The second kappa shape index (κ2) is 5.17. The maximum atomic E-state index is 5.01. The van der Waals surface area contributed by atoms with Gasteiger partial charge in [-0.1, -0.05) is 11.6 Å². The first-order chi connectivity index (χ1) is 9.26. The highest BCUT2D eigenvalue weighted by Gasteiger charge is 2.19. The van der Waals surface area contributed by atoms with Gasteiger partial charge in [0.1, 0.15) is 0 Å². The Morgan fingerprint density at radius 3 is 3.05 bits per heavy atom. The van der Waals surface area contributed by atoms with Crippen molar-refractivity contribution in [1.29, 1.82) is 0 Å². The van der Waals surface area contributed by atoms with Crippen molar-refractivity contribution in [3.63, 3.8) is 0 Å². The van der Waals surface area contributed by atoms with Gasteiger partial charge < -0.3 is 14.4 Å². The predicted molar refractivity (Wildman–Crippen MR) is 71.9 cm³/mol. The zero-order valence-electron chi connectivity index (χ0n) is 11.5. The van der Waals surface area contributed by atoms with Crippen LogP contribution in [-0.2, 0) is 13.0 Å². The first-order valence-electron chi connectivity index (χ1n) is 6.91. The molecule has 2 aromatic heterocycles. The molecule has 0 radical (unpaired) electrons. The van der Waals surface area contributed by atoms with E-state index in [4.69, 9.17) is 4.52 Å². The molecule has 5 nitrogen and oxygen atoms in total. The Kier molecular flexibility index (Phi) is 3.38. The molecule has 1 atom stereocenters. The van der Waals surface area contributed by atoms with Crippen molar-refractivity contribution in [3.8, 4) is 0 Å². The molecule has 0 fully saturated rings. The van der Waals surface area contributed by atoms with Crippen LogP contribution in [0, 0.1) is 6.92 Å². The van der Waals surface area contributed by atoms with Crippen molar-refractivity contribution in [2.45, 2.75) is 45.2 Å². The van der Waals surface area contributed by atoms with Crippen LogP contribution in [0.3, 0.4) is 0 Å². The number of rotatable bonds is 3. The lowest BCUT2D eigenvalue weighted by molar-refractivity contribution is 0.386. The monoisotopic (exact) mass is 260 g/mol. The highest BCUT2D eigenvalue weighted by Crippen LogP contribution is 2.29. The smallest absolute Gasteiger partial charge is 0.223 e. The van der Waals surface area contributed by atoms with Crippen molar-refractivity contribution in [2.24, 2.45) is 0 Å². The lowest BCUT2D eigenvalue weighted by Gasteiger charge is -2.13. The molecular formula is C14H20N4O. The number of nitrogens with zero attached hydrogens (tertiary/aromatic N) is 3. The van der Waals surface area contributed by atoms with E-state index in [-0.39, 0.29) is 0 Å². The van der Waals surface area contributed by atoms with E-state index in [9.17, 15) is 0 Å². The molecule has 2 aromatic rings. The standard InChI is InChI=1S/C14H20N4O/c1-10-16-14(17-19-10)9-18-7-11-5-3-4-6-13(15-2)12(11)8-18/h7-8,13,15H,3-6,9H2,1-2H3. The van der Waals surface area contributed by atoms with Crippen LogP contribution in [0.5, 0.6) is 0 Å². The van der Waals surface area contributed by atoms with Crippen LogP contribution in [0.4, 0.5) is 0 Å². The molecule has 2 heterocycles. The molecule has 0 spiro atoms. The van der Waals surface area contributed by atoms with Crippen LogP contribution in [0.15, 0.2) is 16.9 Å². The average Bonchev–Trinajstić information content (AvgIpc) is 2.92. The van der Waals surface area contributed by atoms with E-state index in [1.54, 1.807) is 0 Å². The number of hydrogen-bond acceptors (Lipinski definition) is 4. The minimum Gasteiger partial charge on any atom is -0.346 e. The van der Waals surface area contributed by atoms with Gasteiger partial charge in [-0.25, -0.2) is 0 Å². The molecule has 0 aliphatic heterocycles. The molecule has 5 heteroatoms. The summed E-state index contributed by atoms with van der Waals surface area (Å²) in [5.74, 6) is 1.36. The predicted octanol–water partition coefficient (Wildman–Crippen LogP) is 2.21. The largest absolute Gasteiger partial charge is 0.346 e. The van der Waals surface area contributed by atoms with Crippen LogP contribution in [0.25, 0.3) is 0 Å². The normalized spacial score (nSPS) is 19.2. The Morgan fingerprint density at radius 1 is 1.42 bits per heavy atom. The van der Waals surface area contributed by atoms with Gasteiger partial charge in [-0.2, -0.15) is 4.98 Å². The quantitative estimate of drug-likeness (QED) is 0.860. The maximum absolute atomic E-state index is 5.01. The SMILES string of the molecule is CNC1CCCCc2cn(Cc3noc(C)n3)cc21. The van der Waals surface area contributed by atoms with E-state index in [1.165, 1.54) is 36.8 Å². The number of aromatic nitrogens is 3. The van der Waals surface area contributed by atoms with Crippen molar-refractivity contribution >= 4 is 0 Å². The molecule has 0 aromatic carbocycles. The van der Waals surface area contributed by atoms with Crippen molar-refractivity contribution in [3.05, 3.63) is 35.2 Å². The second-order valence-electron chi connectivity index (χ2n) is 5.23. The second-order valence-corrected chi connectivity index (χ2v) is 5.23. The highest BCUT2D eigenvalue weighted by molar-refractivity contribution is 5.29. The summed E-state index contributed by atoms with van der Waals surface area (Å²) in [4.78, 5) is 4.26. The summed E-state index contributed by atoms with van der Waals surface area (Å²) in [6.07, 6.45) is 9.42. The Morgan fingerprint density at radius 2 is 2.32 bits per heavy atom. The third-order valence-electron chi connectivity index (χ3n) is 3.80. The Hall–Kier alpha value is -1.62. The minimum atomic E-state index is 0.478. The highest BCUT2D eigenvalue weighted by atomic mass is 16.5. The molecule has 19 heavy (non-hydrogen) atoms. The molecule has 102 valence electrons. The summed E-state index contributed by atoms with van der Waals surface area (Å²) in [6.45, 7) is 2.50. The zero-order valence-corrected chi connectivity index (χ0v) is 11.5. The van der Waals surface area contributed by atoms with Gasteiger partial charge in [0, 0.05) is 25.4 Å². The van der Waals surface area contributed by atoms with E-state index in [0.717, 1.165) is 5.82 Å². The Bertz CT molecular complexity index is 558. The van der Waals surface area contributed by atoms with E-state index in [0.29, 0.717) is 18.5 Å². The summed E-state index contributed by atoms with van der Waals surface area (Å²) in [5.41, 5.74) is 2.89. The summed E-state index contributed by atoms with van der Waals surface area (Å²) < 4.78 is 7.19. The minimum absolute atomic E-state index is 0.478. The van der Waals surface area contributed by atoms with Crippen molar-refractivity contribution < 1.29 is 4.52 Å². The van der Waals surface area contributed by atoms with Gasteiger partial charge in [-0.05, 0) is 37.4 Å². The van der Waals surface area contributed by atoms with Gasteiger partial charge in [0.05, 0.1) is 6.54 Å². The molecular weight excluding hydrogens is 240 g/mol. The molecule has 0 saturated heterocycles. The molecule has 0 bridgehead atoms. The van der Waals surface area contributed by atoms with Gasteiger partial charge in [-0.15, -0.1) is 0 Å². The van der Waals surface area contributed by atoms with Gasteiger partial charge >= 0.3 is 0 Å². The van der Waals surface area contributed by atoms with Gasteiger partial charge in [0.2, 0.25) is 5.89 Å². The van der Waals surface area contributed by atoms with Crippen LogP contribution < -0.4 is 5.32 Å². The summed E-state index contributed by atoms with van der Waals surface area (Å²) in [6, 6.07) is 0.478. The van der Waals surface area contributed by atoms with Crippen molar-refractivity contribution in [1.82, 2.24) is 20.0 Å². The summed E-state index contributed by atoms with van der Waals surface area (Å²) >= 11 is 0. The van der Waals surface area contributed by atoms with E-state index < -0.39 is 0 Å². The van der Waals surface area contributed by atoms with E-state index in [1.807, 2.05) is 14.0 Å². The van der Waals surface area contributed by atoms with E-state index in [2.05, 4.69) is 32.4 Å². The van der Waals surface area contributed by atoms with Gasteiger partial charge in [0.15, 0.2) is 5.82 Å². The van der Waals surface area contributed by atoms with Crippen LogP contribution in [0.1, 0.15) is 48.1 Å². The maximum Gasteiger partial charge on any atom is 0.223 e. The average molecular weight is 260 g/mol. The Labute approximate surface area is 113 Å². The first-order valence-corrected chi connectivity index (χ1v) is 6.91. The van der Waals surface area contributed by atoms with Gasteiger partial charge in [-0.3, -0.25) is 0 Å². The van der Waals surface area contributed by atoms with Crippen LogP contribution in [-0.4, -0.2) is 21.8 Å². The fourth-order valence-corrected chi connectivity index (χ4v) is 2.88. The molecule has 1 aliphatic rings. The fraction of sp³-hybridized carbons (Fsp3) is 0.571. The fourth-order valence-electron chi connectivity index (χ4n) is 2.88. The lowest BCUT2D eigenvalue weighted by atomic mass is 10.1. The Balaban J connectivity index is 1.84. The summed E-state index contributed by atoms with van der Waals surface area (Å²) in [7, 11) is 2.04. The van der Waals surface area contributed by atoms with Crippen molar-refractivity contribution in [2.75, 3.05) is 7.05 Å². The number of aryl methyl sites for hydroxylation is 2.